The Labute approximate surface area is 88.8 Å². The largest absolute Gasteiger partial charge is 0.456 e. The van der Waals surface area contributed by atoms with E-state index in [2.05, 4.69) is 4.99 Å². The summed E-state index contributed by atoms with van der Waals surface area (Å²) in [6, 6.07) is 9.66. The van der Waals surface area contributed by atoms with Crippen molar-refractivity contribution < 1.29 is 9.53 Å². The summed E-state index contributed by atoms with van der Waals surface area (Å²) in [6.07, 6.45) is 1.73. The number of nitrogens with zero attached hydrogens (tertiary/aromatic N) is 1. The van der Waals surface area contributed by atoms with Crippen LogP contribution in [0.15, 0.2) is 35.3 Å². The van der Waals surface area contributed by atoms with Gasteiger partial charge in [0.15, 0.2) is 0 Å². The summed E-state index contributed by atoms with van der Waals surface area (Å²) in [5.41, 5.74) is 1.59. The van der Waals surface area contributed by atoms with E-state index < -0.39 is 0 Å². The van der Waals surface area contributed by atoms with Crippen molar-refractivity contribution in [2.24, 2.45) is 4.99 Å². The average molecular weight is 203 g/mol. The van der Waals surface area contributed by atoms with Gasteiger partial charge in [0.05, 0.1) is 0 Å². The van der Waals surface area contributed by atoms with E-state index in [4.69, 9.17) is 4.74 Å². The molecule has 0 bridgehead atoms. The Morgan fingerprint density at radius 3 is 2.80 bits per heavy atom. The normalized spacial score (nSPS) is 14.8. The Hall–Kier alpha value is -1.64. The van der Waals surface area contributed by atoms with Crippen molar-refractivity contribution in [3.8, 4) is 0 Å². The van der Waals surface area contributed by atoms with E-state index in [1.165, 1.54) is 0 Å². The molecule has 0 saturated heterocycles. The first-order valence-electron chi connectivity index (χ1n) is 5.10. The van der Waals surface area contributed by atoms with Gasteiger partial charge in [0.2, 0.25) is 0 Å². The molecule has 2 rings (SSSR count). The summed E-state index contributed by atoms with van der Waals surface area (Å²) < 4.78 is 5.14. The summed E-state index contributed by atoms with van der Waals surface area (Å²) in [4.78, 5) is 15.6. The number of esters is 1. The molecule has 1 aromatic carbocycles. The van der Waals surface area contributed by atoms with Gasteiger partial charge < -0.3 is 4.74 Å². The molecule has 0 N–H and O–H groups in total. The standard InChI is InChI=1S/C12H13NO2/c14-12(11-7-4-8-13-11)15-9-10-5-2-1-3-6-10/h1-3,5-6H,4,7-9H2. The van der Waals surface area contributed by atoms with E-state index in [0.717, 1.165) is 24.9 Å². The number of aliphatic imine (C=N–C) groups is 1. The summed E-state index contributed by atoms with van der Waals surface area (Å²) >= 11 is 0. The van der Waals surface area contributed by atoms with E-state index in [9.17, 15) is 4.79 Å². The Bertz CT molecular complexity index is 370. The van der Waals surface area contributed by atoms with Gasteiger partial charge in [-0.05, 0) is 18.4 Å². The van der Waals surface area contributed by atoms with Crippen LogP contribution in [0.2, 0.25) is 0 Å². The number of hydrogen-bond acceptors (Lipinski definition) is 3. The second kappa shape index (κ2) is 4.73. The van der Waals surface area contributed by atoms with E-state index in [1.54, 1.807) is 0 Å². The van der Waals surface area contributed by atoms with Crippen LogP contribution in [0.3, 0.4) is 0 Å². The lowest BCUT2D eigenvalue weighted by Gasteiger charge is -2.03. The van der Waals surface area contributed by atoms with Crippen molar-refractivity contribution in [1.82, 2.24) is 0 Å². The lowest BCUT2D eigenvalue weighted by Crippen LogP contribution is -2.15. The molecule has 0 radical (unpaired) electrons. The minimum Gasteiger partial charge on any atom is -0.456 e. The Balaban J connectivity index is 1.86. The zero-order chi connectivity index (χ0) is 10.5. The van der Waals surface area contributed by atoms with Gasteiger partial charge >= 0.3 is 5.97 Å². The first-order valence-corrected chi connectivity index (χ1v) is 5.10. The van der Waals surface area contributed by atoms with Crippen molar-refractivity contribution >= 4 is 11.7 Å². The molecule has 0 saturated carbocycles. The first-order chi connectivity index (χ1) is 7.36. The molecule has 3 nitrogen and oxygen atoms in total. The molecule has 0 aliphatic carbocycles. The molecular weight excluding hydrogens is 190 g/mol. The predicted octanol–water partition coefficient (Wildman–Crippen LogP) is 1.96. The van der Waals surface area contributed by atoms with Crippen LogP contribution in [0.5, 0.6) is 0 Å². The minimum atomic E-state index is -0.267. The molecule has 0 aromatic heterocycles. The second-order valence-corrected chi connectivity index (χ2v) is 3.49. The van der Waals surface area contributed by atoms with Crippen LogP contribution in [-0.4, -0.2) is 18.2 Å². The number of benzene rings is 1. The highest BCUT2D eigenvalue weighted by molar-refractivity contribution is 6.36. The number of rotatable bonds is 3. The molecule has 0 unspecified atom stereocenters. The average Bonchev–Trinajstić information content (AvgIpc) is 2.81. The Morgan fingerprint density at radius 2 is 2.13 bits per heavy atom. The minimum absolute atomic E-state index is 0.267. The molecule has 15 heavy (non-hydrogen) atoms. The molecule has 0 fully saturated rings. The highest BCUT2D eigenvalue weighted by Gasteiger charge is 2.16. The smallest absolute Gasteiger partial charge is 0.352 e. The van der Waals surface area contributed by atoms with E-state index in [0.29, 0.717) is 12.3 Å². The highest BCUT2D eigenvalue weighted by atomic mass is 16.5. The maximum absolute atomic E-state index is 11.5. The van der Waals surface area contributed by atoms with Gasteiger partial charge in [0.25, 0.3) is 0 Å². The Kier molecular flexibility index (Phi) is 3.12. The van der Waals surface area contributed by atoms with Gasteiger partial charge in [-0.2, -0.15) is 0 Å². The number of carbonyl (C=O) groups is 1. The predicted molar refractivity (Wildman–Crippen MR) is 57.8 cm³/mol. The van der Waals surface area contributed by atoms with Gasteiger partial charge in [0.1, 0.15) is 12.3 Å². The maximum Gasteiger partial charge on any atom is 0.352 e. The third-order valence-electron chi connectivity index (χ3n) is 2.32. The third-order valence-corrected chi connectivity index (χ3v) is 2.32. The van der Waals surface area contributed by atoms with Crippen molar-refractivity contribution in [2.75, 3.05) is 6.54 Å². The van der Waals surface area contributed by atoms with Gasteiger partial charge in [-0.1, -0.05) is 30.3 Å². The Morgan fingerprint density at radius 1 is 1.33 bits per heavy atom. The molecule has 1 heterocycles. The molecule has 0 spiro atoms. The lowest BCUT2D eigenvalue weighted by molar-refractivity contribution is -0.136. The molecular formula is C12H13NO2. The molecule has 1 aliphatic rings. The maximum atomic E-state index is 11.5. The van der Waals surface area contributed by atoms with Gasteiger partial charge in [-0.15, -0.1) is 0 Å². The summed E-state index contributed by atoms with van der Waals surface area (Å²) in [7, 11) is 0. The van der Waals surface area contributed by atoms with Crippen LogP contribution >= 0.6 is 0 Å². The van der Waals surface area contributed by atoms with Crippen LogP contribution in [-0.2, 0) is 16.1 Å². The summed E-state index contributed by atoms with van der Waals surface area (Å²) in [5.74, 6) is -0.267. The van der Waals surface area contributed by atoms with Crippen molar-refractivity contribution in [2.45, 2.75) is 19.4 Å². The monoisotopic (exact) mass is 203 g/mol. The number of hydrogen-bond donors (Lipinski definition) is 0. The first kappa shape index (κ1) is 9.90. The number of ether oxygens (including phenoxy) is 1. The molecule has 0 amide bonds. The van der Waals surface area contributed by atoms with Crippen LogP contribution in [0.4, 0.5) is 0 Å². The van der Waals surface area contributed by atoms with Gasteiger partial charge in [0, 0.05) is 6.54 Å². The zero-order valence-electron chi connectivity index (χ0n) is 8.48. The van der Waals surface area contributed by atoms with E-state index in [-0.39, 0.29) is 5.97 Å². The van der Waals surface area contributed by atoms with Gasteiger partial charge in [-0.25, -0.2) is 4.79 Å². The quantitative estimate of drug-likeness (QED) is 0.704. The van der Waals surface area contributed by atoms with Crippen molar-refractivity contribution in [3.63, 3.8) is 0 Å². The molecule has 78 valence electrons. The van der Waals surface area contributed by atoms with Crippen molar-refractivity contribution in [1.29, 1.82) is 0 Å². The van der Waals surface area contributed by atoms with Crippen LogP contribution < -0.4 is 0 Å². The highest BCUT2D eigenvalue weighted by Crippen LogP contribution is 2.07. The molecule has 1 aliphatic heterocycles. The third kappa shape index (κ3) is 2.65. The molecule has 1 aromatic rings. The lowest BCUT2D eigenvalue weighted by atomic mass is 10.2. The number of carbonyl (C=O) groups excluding carboxylic acids is 1. The second-order valence-electron chi connectivity index (χ2n) is 3.49. The molecule has 0 atom stereocenters. The fraction of sp³-hybridized carbons (Fsp3) is 0.333. The molecule has 3 heteroatoms. The van der Waals surface area contributed by atoms with Gasteiger partial charge in [-0.3, -0.25) is 4.99 Å². The topological polar surface area (TPSA) is 38.7 Å². The van der Waals surface area contributed by atoms with Crippen LogP contribution in [0.25, 0.3) is 0 Å². The van der Waals surface area contributed by atoms with Crippen molar-refractivity contribution in [3.05, 3.63) is 35.9 Å². The van der Waals surface area contributed by atoms with E-state index >= 15 is 0 Å². The fourth-order valence-electron chi connectivity index (χ4n) is 1.51. The fourth-order valence-corrected chi connectivity index (χ4v) is 1.51. The summed E-state index contributed by atoms with van der Waals surface area (Å²) in [6.45, 7) is 1.09. The SMILES string of the molecule is O=C(OCc1ccccc1)C1=NCCC1. The zero-order valence-corrected chi connectivity index (χ0v) is 8.48. The summed E-state index contributed by atoms with van der Waals surface area (Å²) in [5, 5.41) is 0. The van der Waals surface area contributed by atoms with E-state index in [1.807, 2.05) is 30.3 Å². The van der Waals surface area contributed by atoms with Crippen LogP contribution in [0.1, 0.15) is 18.4 Å². The van der Waals surface area contributed by atoms with Crippen LogP contribution in [0, 0.1) is 0 Å².